The molecule has 3 nitrogen and oxygen atoms in total. The maximum Gasteiger partial charge on any atom is 0.0715 e. The number of allylic oxidation sites excluding steroid dienone is 5. The summed E-state index contributed by atoms with van der Waals surface area (Å²) in [7, 11) is 0. The summed E-state index contributed by atoms with van der Waals surface area (Å²) in [6.07, 6.45) is 10.6. The highest BCUT2D eigenvalue weighted by molar-refractivity contribution is 5.87. The fourth-order valence-electron chi connectivity index (χ4n) is 7.58. The van der Waals surface area contributed by atoms with Crippen LogP contribution in [0, 0.1) is 0 Å². The first kappa shape index (κ1) is 38.5. The van der Waals surface area contributed by atoms with E-state index in [1.165, 1.54) is 0 Å². The van der Waals surface area contributed by atoms with E-state index in [2.05, 4.69) is 189 Å². The van der Waals surface area contributed by atoms with Crippen LogP contribution >= 0.6 is 0 Å². The molecule has 0 atom stereocenters. The highest BCUT2D eigenvalue weighted by Gasteiger charge is 2.16. The smallest absolute Gasteiger partial charge is 0.0715 e. The molecule has 9 aromatic rings. The molecule has 0 aliphatic carbocycles. The summed E-state index contributed by atoms with van der Waals surface area (Å²) < 4.78 is 0. The molecule has 6 aromatic carbocycles. The van der Waals surface area contributed by atoms with E-state index < -0.39 is 0 Å². The lowest BCUT2D eigenvalue weighted by Crippen LogP contribution is -1.96. The van der Waals surface area contributed by atoms with Gasteiger partial charge in [0.15, 0.2) is 0 Å². The topological polar surface area (TPSA) is 38.7 Å². The van der Waals surface area contributed by atoms with Crippen molar-refractivity contribution in [1.29, 1.82) is 0 Å². The standard InChI is InChI=1S/C58H43N3/c1-2-3-4-5-21-32-53-36-50(37-54(59-53)42-22-11-6-12-23-42)47-33-48(51-38-55(43-24-13-7-14-25-43)60-56(39-51)44-26-15-8-16-27-44)35-49(34-47)52-40-57(45-28-17-9-18-29-45)61-58(41-52)46-30-19-10-20-31-46/h2-31,33-41H,1,32H2/b4-3-,21-5-. The first-order valence-corrected chi connectivity index (χ1v) is 20.6. The second-order valence-electron chi connectivity index (χ2n) is 14.9. The van der Waals surface area contributed by atoms with Crippen LogP contribution < -0.4 is 0 Å². The molecule has 3 heterocycles. The molecule has 0 unspecified atom stereocenters. The van der Waals surface area contributed by atoms with E-state index in [-0.39, 0.29) is 0 Å². The predicted octanol–water partition coefficient (Wildman–Crippen LogP) is 15.0. The van der Waals surface area contributed by atoms with E-state index in [0.717, 1.165) is 95.4 Å². The van der Waals surface area contributed by atoms with Gasteiger partial charge in [0.1, 0.15) is 0 Å². The molecular weight excluding hydrogens is 739 g/mol. The number of nitrogens with zero attached hydrogens (tertiary/aromatic N) is 3. The molecule has 0 amide bonds. The molecule has 0 N–H and O–H groups in total. The Hall–Kier alpha value is -8.01. The number of hydrogen-bond acceptors (Lipinski definition) is 3. The zero-order valence-electron chi connectivity index (χ0n) is 33.8. The van der Waals surface area contributed by atoms with Crippen LogP contribution in [-0.2, 0) is 6.42 Å². The van der Waals surface area contributed by atoms with Gasteiger partial charge in [0, 0.05) is 39.9 Å². The Morgan fingerprint density at radius 2 is 0.590 bits per heavy atom. The first-order chi connectivity index (χ1) is 30.2. The molecule has 0 bridgehead atoms. The van der Waals surface area contributed by atoms with Crippen molar-refractivity contribution in [3.05, 3.63) is 249 Å². The van der Waals surface area contributed by atoms with Crippen LogP contribution in [0.3, 0.4) is 0 Å². The highest BCUT2D eigenvalue weighted by atomic mass is 14.7. The first-order valence-electron chi connectivity index (χ1n) is 20.6. The van der Waals surface area contributed by atoms with Crippen molar-refractivity contribution in [2.75, 3.05) is 0 Å². The lowest BCUT2D eigenvalue weighted by Gasteiger charge is -2.16. The minimum absolute atomic E-state index is 0.679. The molecule has 0 aliphatic rings. The van der Waals surface area contributed by atoms with Crippen molar-refractivity contribution in [3.8, 4) is 89.7 Å². The Bertz CT molecular complexity index is 2710. The van der Waals surface area contributed by atoms with Gasteiger partial charge >= 0.3 is 0 Å². The second-order valence-corrected chi connectivity index (χ2v) is 14.9. The molecule has 3 aromatic heterocycles. The highest BCUT2D eigenvalue weighted by Crippen LogP contribution is 2.39. The third-order valence-electron chi connectivity index (χ3n) is 10.6. The van der Waals surface area contributed by atoms with Crippen LogP contribution in [0.15, 0.2) is 243 Å². The Balaban J connectivity index is 1.29. The van der Waals surface area contributed by atoms with Gasteiger partial charge in [-0.1, -0.05) is 189 Å². The Morgan fingerprint density at radius 1 is 0.295 bits per heavy atom. The molecule has 0 fully saturated rings. The lowest BCUT2D eigenvalue weighted by molar-refractivity contribution is 1.12. The lowest BCUT2D eigenvalue weighted by atomic mass is 9.91. The van der Waals surface area contributed by atoms with Crippen LogP contribution in [0.25, 0.3) is 89.7 Å². The average molecular weight is 782 g/mol. The Kier molecular flexibility index (Phi) is 11.5. The molecule has 290 valence electrons. The SMILES string of the molecule is C=C/C=C\C=C/Cc1cc(-c2cc(-c3cc(-c4ccccc4)nc(-c4ccccc4)c3)cc(-c3cc(-c4ccccc4)nc(-c4ccccc4)c3)c2)cc(-c2ccccc2)n1. The molecule has 3 heteroatoms. The van der Waals surface area contributed by atoms with E-state index in [4.69, 9.17) is 15.0 Å². The van der Waals surface area contributed by atoms with Crippen molar-refractivity contribution >= 4 is 0 Å². The molecule has 0 spiro atoms. The van der Waals surface area contributed by atoms with Crippen molar-refractivity contribution < 1.29 is 0 Å². The van der Waals surface area contributed by atoms with Gasteiger partial charge in [0.25, 0.3) is 0 Å². The maximum absolute atomic E-state index is 5.22. The summed E-state index contributed by atoms with van der Waals surface area (Å²) in [4.78, 5) is 15.6. The van der Waals surface area contributed by atoms with Gasteiger partial charge in [-0.3, -0.25) is 4.98 Å². The quantitative estimate of drug-likeness (QED) is 0.116. The number of pyridine rings is 3. The zero-order chi connectivity index (χ0) is 41.2. The number of benzene rings is 6. The van der Waals surface area contributed by atoms with Crippen molar-refractivity contribution in [3.63, 3.8) is 0 Å². The van der Waals surface area contributed by atoms with Crippen LogP contribution in [0.2, 0.25) is 0 Å². The second kappa shape index (κ2) is 18.3. The van der Waals surface area contributed by atoms with Gasteiger partial charge in [-0.2, -0.15) is 0 Å². The van der Waals surface area contributed by atoms with Gasteiger partial charge < -0.3 is 0 Å². The molecule has 9 rings (SSSR count). The van der Waals surface area contributed by atoms with Gasteiger partial charge in [-0.15, -0.1) is 0 Å². The monoisotopic (exact) mass is 781 g/mol. The third kappa shape index (κ3) is 9.18. The average Bonchev–Trinajstić information content (AvgIpc) is 3.35. The number of aromatic nitrogens is 3. The van der Waals surface area contributed by atoms with Gasteiger partial charge in [-0.25, -0.2) is 9.97 Å². The van der Waals surface area contributed by atoms with Crippen molar-refractivity contribution in [1.82, 2.24) is 15.0 Å². The summed E-state index contributed by atoms with van der Waals surface area (Å²) in [5.74, 6) is 0. The van der Waals surface area contributed by atoms with Gasteiger partial charge in [-0.05, 0) is 88.0 Å². The van der Waals surface area contributed by atoms with Gasteiger partial charge in [0.2, 0.25) is 0 Å². The van der Waals surface area contributed by atoms with Crippen molar-refractivity contribution in [2.45, 2.75) is 6.42 Å². The van der Waals surface area contributed by atoms with Crippen LogP contribution in [0.5, 0.6) is 0 Å². The third-order valence-corrected chi connectivity index (χ3v) is 10.6. The summed E-state index contributed by atoms with van der Waals surface area (Å²) in [5.41, 5.74) is 17.4. The summed E-state index contributed by atoms with van der Waals surface area (Å²) >= 11 is 0. The van der Waals surface area contributed by atoms with Gasteiger partial charge in [0.05, 0.1) is 28.5 Å². The Morgan fingerprint density at radius 3 is 0.918 bits per heavy atom. The van der Waals surface area contributed by atoms with Crippen LogP contribution in [0.1, 0.15) is 5.69 Å². The molecule has 61 heavy (non-hydrogen) atoms. The Labute approximate surface area is 358 Å². The largest absolute Gasteiger partial charge is 0.252 e. The number of hydrogen-bond donors (Lipinski definition) is 0. The van der Waals surface area contributed by atoms with Crippen LogP contribution in [0.4, 0.5) is 0 Å². The minimum atomic E-state index is 0.679. The van der Waals surface area contributed by atoms with E-state index in [1.54, 1.807) is 6.08 Å². The fourth-order valence-corrected chi connectivity index (χ4v) is 7.58. The number of rotatable bonds is 12. The van der Waals surface area contributed by atoms with E-state index in [1.807, 2.05) is 48.6 Å². The van der Waals surface area contributed by atoms with Crippen molar-refractivity contribution in [2.24, 2.45) is 0 Å². The normalized spacial score (nSPS) is 11.3. The van der Waals surface area contributed by atoms with E-state index in [9.17, 15) is 0 Å². The molecule has 0 aliphatic heterocycles. The molecule has 0 radical (unpaired) electrons. The van der Waals surface area contributed by atoms with E-state index >= 15 is 0 Å². The van der Waals surface area contributed by atoms with E-state index in [0.29, 0.717) is 6.42 Å². The minimum Gasteiger partial charge on any atom is -0.252 e. The summed E-state index contributed by atoms with van der Waals surface area (Å²) in [6.45, 7) is 3.81. The summed E-state index contributed by atoms with van der Waals surface area (Å²) in [6, 6.07) is 72.4. The summed E-state index contributed by atoms with van der Waals surface area (Å²) in [5, 5.41) is 0. The molecular formula is C58H43N3. The maximum atomic E-state index is 5.22. The van der Waals surface area contributed by atoms with Crippen LogP contribution in [-0.4, -0.2) is 15.0 Å². The zero-order valence-corrected chi connectivity index (χ0v) is 33.8. The molecule has 0 saturated carbocycles. The fraction of sp³-hybridized carbons (Fsp3) is 0.0172. The predicted molar refractivity (Wildman–Crippen MR) is 255 cm³/mol. The molecule has 0 saturated heterocycles.